The highest BCUT2D eigenvalue weighted by atomic mass is 16.6. The molecule has 0 fully saturated rings. The summed E-state index contributed by atoms with van der Waals surface area (Å²) in [7, 11) is 0. The first-order valence-corrected chi connectivity index (χ1v) is 7.89. The summed E-state index contributed by atoms with van der Waals surface area (Å²) in [6, 6.07) is 13.3. The third-order valence-electron chi connectivity index (χ3n) is 3.85. The van der Waals surface area contributed by atoms with E-state index in [2.05, 4.69) is 27.4 Å². The van der Waals surface area contributed by atoms with Crippen molar-refractivity contribution in [3.05, 3.63) is 81.9 Å². The summed E-state index contributed by atoms with van der Waals surface area (Å²) in [5, 5.41) is 10.6. The topological polar surface area (TPSA) is 69.4 Å². The van der Waals surface area contributed by atoms with Crippen molar-refractivity contribution in [2.75, 3.05) is 6.61 Å². The molecule has 5 heteroatoms. The molecule has 2 aromatic carbocycles. The van der Waals surface area contributed by atoms with Crippen LogP contribution in [0.25, 0.3) is 5.57 Å². The summed E-state index contributed by atoms with van der Waals surface area (Å²) in [6.07, 6.45) is 0. The first kappa shape index (κ1) is 18.4. The van der Waals surface area contributed by atoms with E-state index in [0.717, 1.165) is 5.56 Å². The minimum absolute atomic E-state index is 0.0602. The fourth-order valence-electron chi connectivity index (χ4n) is 2.24. The highest BCUT2D eigenvalue weighted by molar-refractivity contribution is 5.90. The number of hydrogen-bond acceptors (Lipinski definition) is 4. The van der Waals surface area contributed by atoms with E-state index >= 15 is 0 Å². The van der Waals surface area contributed by atoms with E-state index in [1.807, 2.05) is 24.3 Å². The Morgan fingerprint density at radius 3 is 2.04 bits per heavy atom. The predicted octanol–water partition coefficient (Wildman–Crippen LogP) is 4.76. The maximum atomic E-state index is 12.0. The lowest BCUT2D eigenvalue weighted by molar-refractivity contribution is -0.384. The Kier molecular flexibility index (Phi) is 5.37. The molecule has 0 radical (unpaired) electrons. The quantitative estimate of drug-likeness (QED) is 0.447. The van der Waals surface area contributed by atoms with Crippen molar-refractivity contribution in [1.29, 1.82) is 0 Å². The maximum Gasteiger partial charge on any atom is 0.338 e. The minimum Gasteiger partial charge on any atom is -0.457 e. The lowest BCUT2D eigenvalue weighted by atomic mass is 9.86. The minimum atomic E-state index is -0.539. The van der Waals surface area contributed by atoms with Gasteiger partial charge in [-0.05, 0) is 34.2 Å². The predicted molar refractivity (Wildman–Crippen MR) is 97.6 cm³/mol. The summed E-state index contributed by atoms with van der Waals surface area (Å²) in [5.74, 6) is -0.539. The average Bonchev–Trinajstić information content (AvgIpc) is 2.58. The largest absolute Gasteiger partial charge is 0.457 e. The Balaban J connectivity index is 1.97. The van der Waals surface area contributed by atoms with Gasteiger partial charge in [-0.1, -0.05) is 51.6 Å². The molecule has 0 aliphatic heterocycles. The summed E-state index contributed by atoms with van der Waals surface area (Å²) < 4.78 is 5.23. The molecule has 0 unspecified atom stereocenters. The lowest BCUT2D eigenvalue weighted by Crippen LogP contribution is -2.11. The number of carbonyl (C=O) groups is 1. The van der Waals surface area contributed by atoms with Crippen LogP contribution in [0.1, 0.15) is 42.3 Å². The van der Waals surface area contributed by atoms with Gasteiger partial charge in [0.1, 0.15) is 6.61 Å². The molecular formula is C20H21NO4. The fraction of sp³-hybridized carbons (Fsp3) is 0.250. The average molecular weight is 339 g/mol. The fourth-order valence-corrected chi connectivity index (χ4v) is 2.24. The van der Waals surface area contributed by atoms with Gasteiger partial charge in [-0.3, -0.25) is 10.1 Å². The molecule has 0 heterocycles. The van der Waals surface area contributed by atoms with Crippen LogP contribution in [0.5, 0.6) is 0 Å². The molecule has 0 spiro atoms. The Hall–Kier alpha value is -2.95. The molecular weight excluding hydrogens is 318 g/mol. The van der Waals surface area contributed by atoms with Crippen LogP contribution < -0.4 is 0 Å². The zero-order chi connectivity index (χ0) is 18.6. The summed E-state index contributed by atoms with van der Waals surface area (Å²) >= 11 is 0. The number of benzene rings is 2. The van der Waals surface area contributed by atoms with Crippen LogP contribution in [0.4, 0.5) is 5.69 Å². The normalized spacial score (nSPS) is 11.0. The van der Waals surface area contributed by atoms with E-state index in [1.54, 1.807) is 0 Å². The zero-order valence-electron chi connectivity index (χ0n) is 14.6. The van der Waals surface area contributed by atoms with Gasteiger partial charge in [0.05, 0.1) is 10.5 Å². The lowest BCUT2D eigenvalue weighted by Gasteiger charge is -2.19. The molecule has 0 amide bonds. The second-order valence-corrected chi connectivity index (χ2v) is 6.81. The van der Waals surface area contributed by atoms with Gasteiger partial charge in [-0.15, -0.1) is 0 Å². The van der Waals surface area contributed by atoms with E-state index < -0.39 is 10.9 Å². The number of non-ortho nitro benzene ring substituents is 1. The van der Waals surface area contributed by atoms with Crippen molar-refractivity contribution in [3.8, 4) is 0 Å². The number of carbonyl (C=O) groups excluding carboxylic acids is 1. The van der Waals surface area contributed by atoms with Gasteiger partial charge < -0.3 is 4.74 Å². The third-order valence-corrected chi connectivity index (χ3v) is 3.85. The molecule has 130 valence electrons. The van der Waals surface area contributed by atoms with Crippen LogP contribution in [0.15, 0.2) is 55.1 Å². The second-order valence-electron chi connectivity index (χ2n) is 6.81. The Morgan fingerprint density at radius 1 is 1.04 bits per heavy atom. The summed E-state index contributed by atoms with van der Waals surface area (Å²) in [5.41, 5.74) is 3.08. The van der Waals surface area contributed by atoms with Crippen LogP contribution >= 0.6 is 0 Å². The smallest absolute Gasteiger partial charge is 0.338 e. The molecule has 0 bridgehead atoms. The number of nitro groups is 1. The summed E-state index contributed by atoms with van der Waals surface area (Å²) in [6.45, 7) is 10.4. The molecule has 0 N–H and O–H groups in total. The standard InChI is InChI=1S/C20H21NO4/c1-14(15-5-9-17(10-6-15)20(2,3)4)13-25-19(22)16-7-11-18(12-8-16)21(23)24/h5-12H,1,13H2,2-4H3. The highest BCUT2D eigenvalue weighted by Crippen LogP contribution is 2.24. The van der Waals surface area contributed by atoms with Gasteiger partial charge in [0.15, 0.2) is 0 Å². The van der Waals surface area contributed by atoms with Gasteiger partial charge in [-0.2, -0.15) is 0 Å². The number of nitrogens with zero attached hydrogens (tertiary/aromatic N) is 1. The maximum absolute atomic E-state index is 12.0. The van der Waals surface area contributed by atoms with Crippen LogP contribution in [0, 0.1) is 10.1 Å². The van der Waals surface area contributed by atoms with Crippen LogP contribution in [0.3, 0.4) is 0 Å². The van der Waals surface area contributed by atoms with Crippen molar-refractivity contribution in [2.24, 2.45) is 0 Å². The van der Waals surface area contributed by atoms with Crippen molar-refractivity contribution in [2.45, 2.75) is 26.2 Å². The van der Waals surface area contributed by atoms with Gasteiger partial charge in [0.2, 0.25) is 0 Å². The zero-order valence-corrected chi connectivity index (χ0v) is 14.6. The van der Waals surface area contributed by atoms with E-state index in [4.69, 9.17) is 4.74 Å². The number of nitro benzene ring substituents is 1. The molecule has 2 aromatic rings. The molecule has 0 aliphatic carbocycles. The molecule has 2 rings (SSSR count). The van der Waals surface area contributed by atoms with Crippen molar-refractivity contribution in [1.82, 2.24) is 0 Å². The Labute approximate surface area is 147 Å². The van der Waals surface area contributed by atoms with E-state index in [1.165, 1.54) is 29.8 Å². The number of rotatable bonds is 5. The van der Waals surface area contributed by atoms with Crippen LogP contribution in [-0.2, 0) is 10.2 Å². The van der Waals surface area contributed by atoms with Crippen LogP contribution in [0.2, 0.25) is 0 Å². The molecule has 25 heavy (non-hydrogen) atoms. The van der Waals surface area contributed by atoms with E-state index in [9.17, 15) is 14.9 Å². The summed E-state index contributed by atoms with van der Waals surface area (Å²) in [4.78, 5) is 22.1. The van der Waals surface area contributed by atoms with Crippen molar-refractivity contribution >= 4 is 17.2 Å². The van der Waals surface area contributed by atoms with E-state index in [0.29, 0.717) is 5.57 Å². The molecule has 0 aromatic heterocycles. The van der Waals surface area contributed by atoms with Crippen molar-refractivity contribution in [3.63, 3.8) is 0 Å². The monoisotopic (exact) mass is 339 g/mol. The first-order chi connectivity index (χ1) is 11.7. The third kappa shape index (κ3) is 4.76. The molecule has 0 atom stereocenters. The first-order valence-electron chi connectivity index (χ1n) is 7.89. The SMILES string of the molecule is C=C(COC(=O)c1ccc([N+](=O)[O-])cc1)c1ccc(C(C)(C)C)cc1. The molecule has 0 saturated carbocycles. The number of esters is 1. The Morgan fingerprint density at radius 2 is 1.56 bits per heavy atom. The van der Waals surface area contributed by atoms with E-state index in [-0.39, 0.29) is 23.3 Å². The van der Waals surface area contributed by atoms with Crippen molar-refractivity contribution < 1.29 is 14.5 Å². The van der Waals surface area contributed by atoms with Gasteiger partial charge in [0, 0.05) is 12.1 Å². The van der Waals surface area contributed by atoms with Gasteiger partial charge in [0.25, 0.3) is 5.69 Å². The molecule has 0 aliphatic rings. The number of hydrogen-bond donors (Lipinski definition) is 0. The van der Waals surface area contributed by atoms with Gasteiger partial charge in [-0.25, -0.2) is 4.79 Å². The van der Waals surface area contributed by atoms with Gasteiger partial charge >= 0.3 is 5.97 Å². The van der Waals surface area contributed by atoms with Crippen LogP contribution in [-0.4, -0.2) is 17.5 Å². The second kappa shape index (κ2) is 7.30. The highest BCUT2D eigenvalue weighted by Gasteiger charge is 2.14. The molecule has 5 nitrogen and oxygen atoms in total. The molecule has 0 saturated heterocycles. The Bertz CT molecular complexity index is 784. The number of ether oxygens (including phenoxy) is 1.